The van der Waals surface area contributed by atoms with Gasteiger partial charge in [-0.15, -0.1) is 5.10 Å². The third-order valence-corrected chi connectivity index (χ3v) is 5.56. The predicted molar refractivity (Wildman–Crippen MR) is 115 cm³/mol. The Morgan fingerprint density at radius 2 is 1.76 bits per heavy atom. The van der Waals surface area contributed by atoms with E-state index < -0.39 is 72.3 Å². The molecular formula is C22H24N4Na2O10. The number of carbonyl (C=O) groups is 3. The smallest absolute Gasteiger partial charge is 0.545 e. The number of carboxylic acid groups (broad SMARTS) is 2. The molecule has 2 aromatic rings. The molecular weight excluding hydrogens is 526 g/mol. The van der Waals surface area contributed by atoms with Crippen LogP contribution in [-0.4, -0.2) is 90.3 Å². The van der Waals surface area contributed by atoms with Crippen molar-refractivity contribution in [3.05, 3.63) is 41.8 Å². The number of carbonyl (C=O) groups excluding carboxylic acids is 3. The first-order chi connectivity index (χ1) is 17.0. The maximum atomic E-state index is 12.4. The Morgan fingerprint density at radius 3 is 2.32 bits per heavy atom. The first-order valence-electron chi connectivity index (χ1n) is 10.8. The van der Waals surface area contributed by atoms with Crippen LogP contribution in [0.25, 0.3) is 17.0 Å². The van der Waals surface area contributed by atoms with E-state index in [9.17, 15) is 45.0 Å². The number of benzene rings is 1. The second kappa shape index (κ2) is 14.5. The SMILES string of the molecule is CC(C)C(=O)N[C@H]1[C@H]([C@H](O)[C@H](O)CO)OC(C(=O)[O-])=C(n2cc(-c3ccccc3C(=O)[O-])nn2)[C@@H]1O.[Na+].[Na+]. The number of nitrogens with zero attached hydrogens (tertiary/aromatic N) is 3. The van der Waals surface area contributed by atoms with Crippen LogP contribution in [0.2, 0.25) is 0 Å². The number of aliphatic hydroxyl groups is 4. The molecule has 0 bridgehead atoms. The van der Waals surface area contributed by atoms with E-state index in [1.165, 1.54) is 24.3 Å². The average Bonchev–Trinajstić information content (AvgIpc) is 3.33. The predicted octanol–water partition coefficient (Wildman–Crippen LogP) is -10.2. The van der Waals surface area contributed by atoms with E-state index in [-0.39, 0.29) is 75.9 Å². The Balaban J connectivity index is 0.00000361. The van der Waals surface area contributed by atoms with Crippen LogP contribution in [0.5, 0.6) is 0 Å². The van der Waals surface area contributed by atoms with Gasteiger partial charge in [0.05, 0.1) is 18.8 Å². The summed E-state index contributed by atoms with van der Waals surface area (Å²) < 4.78 is 6.17. The third-order valence-electron chi connectivity index (χ3n) is 5.56. The van der Waals surface area contributed by atoms with E-state index in [1.54, 1.807) is 13.8 Å². The Morgan fingerprint density at radius 1 is 1.13 bits per heavy atom. The van der Waals surface area contributed by atoms with E-state index in [0.717, 1.165) is 10.9 Å². The van der Waals surface area contributed by atoms with Crippen molar-refractivity contribution in [3.8, 4) is 11.3 Å². The number of aliphatic hydroxyl groups excluding tert-OH is 4. The molecule has 1 aromatic heterocycles. The van der Waals surface area contributed by atoms with Gasteiger partial charge < -0.3 is 50.3 Å². The Bertz CT molecular complexity index is 1190. The minimum atomic E-state index is -1.93. The minimum Gasteiger partial charge on any atom is -0.545 e. The van der Waals surface area contributed by atoms with E-state index in [4.69, 9.17) is 4.74 Å². The van der Waals surface area contributed by atoms with Gasteiger partial charge >= 0.3 is 59.1 Å². The molecule has 0 unspecified atom stereocenters. The molecule has 5 atom stereocenters. The van der Waals surface area contributed by atoms with Crippen molar-refractivity contribution in [2.24, 2.45) is 5.92 Å². The van der Waals surface area contributed by atoms with Crippen molar-refractivity contribution in [2.75, 3.05) is 6.61 Å². The van der Waals surface area contributed by atoms with Crippen LogP contribution >= 0.6 is 0 Å². The summed E-state index contributed by atoms with van der Waals surface area (Å²) in [6.45, 7) is 2.16. The molecule has 0 spiro atoms. The van der Waals surface area contributed by atoms with Crippen LogP contribution in [0.3, 0.4) is 0 Å². The third kappa shape index (κ3) is 7.21. The molecule has 16 heteroatoms. The number of carboxylic acids is 2. The molecule has 194 valence electrons. The molecule has 14 nitrogen and oxygen atoms in total. The second-order valence-corrected chi connectivity index (χ2v) is 8.34. The summed E-state index contributed by atoms with van der Waals surface area (Å²) in [5.74, 6) is -5.60. The zero-order valence-electron chi connectivity index (χ0n) is 21.1. The van der Waals surface area contributed by atoms with Crippen LogP contribution in [0.15, 0.2) is 36.2 Å². The van der Waals surface area contributed by atoms with Crippen molar-refractivity contribution in [1.82, 2.24) is 20.3 Å². The summed E-state index contributed by atoms with van der Waals surface area (Å²) in [7, 11) is 0. The van der Waals surface area contributed by atoms with E-state index in [1.807, 2.05) is 0 Å². The Kier molecular flexibility index (Phi) is 13.1. The molecule has 1 amide bonds. The number of hydrogen-bond donors (Lipinski definition) is 5. The number of amides is 1. The molecule has 1 aromatic carbocycles. The normalized spacial score (nSPS) is 20.4. The monoisotopic (exact) mass is 550 g/mol. The molecule has 0 radical (unpaired) electrons. The first kappa shape index (κ1) is 34.2. The number of hydrogen-bond acceptors (Lipinski definition) is 12. The molecule has 1 aliphatic heterocycles. The Hall–Kier alpha value is -1.85. The van der Waals surface area contributed by atoms with E-state index >= 15 is 0 Å². The summed E-state index contributed by atoms with van der Waals surface area (Å²) in [5.41, 5.74) is -0.694. The maximum absolute atomic E-state index is 12.4. The van der Waals surface area contributed by atoms with Gasteiger partial charge in [0.2, 0.25) is 5.91 Å². The van der Waals surface area contributed by atoms with E-state index in [0.29, 0.717) is 0 Å². The van der Waals surface area contributed by atoms with Crippen molar-refractivity contribution < 1.29 is 109 Å². The van der Waals surface area contributed by atoms with Gasteiger partial charge in [-0.3, -0.25) is 4.79 Å². The van der Waals surface area contributed by atoms with Gasteiger partial charge in [-0.2, -0.15) is 0 Å². The van der Waals surface area contributed by atoms with Crippen LogP contribution in [0.4, 0.5) is 0 Å². The van der Waals surface area contributed by atoms with E-state index in [2.05, 4.69) is 15.6 Å². The summed E-state index contributed by atoms with van der Waals surface area (Å²) in [6, 6.07) is 4.15. The summed E-state index contributed by atoms with van der Waals surface area (Å²) >= 11 is 0. The topological polar surface area (TPSA) is 230 Å². The summed E-state index contributed by atoms with van der Waals surface area (Å²) in [4.78, 5) is 35.8. The number of rotatable bonds is 9. The zero-order valence-corrected chi connectivity index (χ0v) is 25.1. The van der Waals surface area contributed by atoms with Crippen molar-refractivity contribution >= 4 is 23.5 Å². The fraction of sp³-hybridized carbons (Fsp3) is 0.409. The number of nitrogens with one attached hydrogen (secondary N) is 1. The quantitative estimate of drug-likeness (QED) is 0.183. The zero-order chi connectivity index (χ0) is 26.7. The average molecular weight is 550 g/mol. The van der Waals surface area contributed by atoms with Gasteiger partial charge in [0.1, 0.15) is 41.7 Å². The largest absolute Gasteiger partial charge is 1.00 e. The fourth-order valence-electron chi connectivity index (χ4n) is 3.64. The molecule has 0 saturated heterocycles. The number of aromatic nitrogens is 3. The first-order valence-corrected chi connectivity index (χ1v) is 10.8. The van der Waals surface area contributed by atoms with Gasteiger partial charge in [0, 0.05) is 17.0 Å². The van der Waals surface area contributed by atoms with Crippen molar-refractivity contribution in [1.29, 1.82) is 0 Å². The summed E-state index contributed by atoms with van der Waals surface area (Å²) in [6.07, 6.45) is -6.23. The molecule has 3 rings (SSSR count). The van der Waals surface area contributed by atoms with Crippen LogP contribution in [0, 0.1) is 5.92 Å². The van der Waals surface area contributed by atoms with Gasteiger partial charge in [0.25, 0.3) is 0 Å². The minimum absolute atomic E-state index is 0. The number of ether oxygens (including phenoxy) is 1. The van der Waals surface area contributed by atoms with Crippen molar-refractivity contribution in [2.45, 2.75) is 44.3 Å². The van der Waals surface area contributed by atoms with Crippen LogP contribution in [-0.2, 0) is 14.3 Å². The van der Waals surface area contributed by atoms with Gasteiger partial charge in [-0.1, -0.05) is 43.3 Å². The van der Waals surface area contributed by atoms with Crippen LogP contribution in [0.1, 0.15) is 24.2 Å². The molecule has 5 N–H and O–H groups in total. The van der Waals surface area contributed by atoms with Gasteiger partial charge in [-0.05, 0) is 0 Å². The van der Waals surface area contributed by atoms with Crippen LogP contribution < -0.4 is 74.6 Å². The van der Waals surface area contributed by atoms with Crippen molar-refractivity contribution in [3.63, 3.8) is 0 Å². The molecule has 0 aliphatic carbocycles. The van der Waals surface area contributed by atoms with Gasteiger partial charge in [-0.25, -0.2) is 4.68 Å². The standard InChI is InChI=1S/C22H26N4O10.2Na/c1-9(2)20(31)23-14-17(30)15(19(22(34)35)36-18(14)16(29)13(28)8-27)26-7-12(24-25-26)10-5-3-4-6-11(10)21(32)33;;/h3-7,9,13-14,16-18,27-30H,8H2,1-2H3,(H,23,31)(H,32,33)(H,34,35);;/q;2*+1/p-2/t13-,14-,16-,17-,18-;;/m1../s1. The second-order valence-electron chi connectivity index (χ2n) is 8.34. The maximum Gasteiger partial charge on any atom is 1.00 e. The fourth-order valence-corrected chi connectivity index (χ4v) is 3.64. The molecule has 1 aliphatic rings. The number of aliphatic carboxylic acids is 1. The molecule has 0 fully saturated rings. The molecule has 38 heavy (non-hydrogen) atoms. The number of aromatic carboxylic acids is 1. The molecule has 0 saturated carbocycles. The molecule has 2 heterocycles. The van der Waals surface area contributed by atoms with Gasteiger partial charge in [0.15, 0.2) is 11.9 Å². The Labute approximate surface area is 260 Å². The summed E-state index contributed by atoms with van der Waals surface area (Å²) in [5, 5.41) is 74.1.